The minimum atomic E-state index is -0.783. The number of aliphatic imine (C=N–C) groups is 1. The van der Waals surface area contributed by atoms with Gasteiger partial charge in [0.05, 0.1) is 18.7 Å². The molecule has 0 aliphatic rings. The maximum atomic E-state index is 12.6. The van der Waals surface area contributed by atoms with Gasteiger partial charge in [0.2, 0.25) is 5.69 Å². The van der Waals surface area contributed by atoms with Crippen molar-refractivity contribution in [2.45, 2.75) is 13.8 Å². The Morgan fingerprint density at radius 2 is 1.92 bits per heavy atom. The summed E-state index contributed by atoms with van der Waals surface area (Å²) >= 11 is 0. The average molecular weight is 339 g/mol. The number of H-pyrrole nitrogens is 1. The molecule has 0 amide bonds. The molecule has 2 aromatic carbocycles. The summed E-state index contributed by atoms with van der Waals surface area (Å²) in [6, 6.07) is 12.4. The third kappa shape index (κ3) is 3.30. The van der Waals surface area contributed by atoms with E-state index in [1.54, 1.807) is 37.4 Å². The van der Waals surface area contributed by atoms with E-state index in [1.807, 2.05) is 26.0 Å². The molecule has 0 aliphatic carbocycles. The first-order valence-corrected chi connectivity index (χ1v) is 7.61. The van der Waals surface area contributed by atoms with Gasteiger partial charge in [0.1, 0.15) is 5.75 Å². The van der Waals surface area contributed by atoms with Crippen LogP contribution >= 0.6 is 0 Å². The highest BCUT2D eigenvalue weighted by atomic mass is 16.5. The molecule has 128 valence electrons. The Labute approximate surface area is 143 Å². The van der Waals surface area contributed by atoms with E-state index in [1.165, 1.54) is 4.68 Å². The van der Waals surface area contributed by atoms with E-state index in [4.69, 9.17) is 9.26 Å². The van der Waals surface area contributed by atoms with Crippen molar-refractivity contribution in [3.05, 3.63) is 69.7 Å². The summed E-state index contributed by atoms with van der Waals surface area (Å²) in [5.41, 5.74) is 1.90. The first kappa shape index (κ1) is 16.5. The van der Waals surface area contributed by atoms with Crippen molar-refractivity contribution < 1.29 is 19.0 Å². The molecule has 0 spiro atoms. The van der Waals surface area contributed by atoms with Gasteiger partial charge in [-0.15, -0.1) is 0 Å². The molecule has 1 aromatic heterocycles. The van der Waals surface area contributed by atoms with Crippen molar-refractivity contribution in [1.82, 2.24) is 5.27 Å². The normalized spacial score (nSPS) is 11.6. The van der Waals surface area contributed by atoms with Gasteiger partial charge in [-0.2, -0.15) is 0 Å². The van der Waals surface area contributed by atoms with Crippen molar-refractivity contribution in [3.63, 3.8) is 0 Å². The van der Waals surface area contributed by atoms with Crippen LogP contribution in [0.15, 0.2) is 56.8 Å². The largest absolute Gasteiger partial charge is 0.854 e. The Kier molecular flexibility index (Phi) is 4.38. The van der Waals surface area contributed by atoms with Crippen LogP contribution < -0.4 is 20.2 Å². The van der Waals surface area contributed by atoms with Crippen molar-refractivity contribution in [1.29, 1.82) is 0 Å². The van der Waals surface area contributed by atoms with Crippen LogP contribution in [0.1, 0.15) is 16.8 Å². The quantitative estimate of drug-likeness (QED) is 0.440. The summed E-state index contributed by atoms with van der Waals surface area (Å²) in [5, 5.41) is 15.0. The Morgan fingerprint density at radius 3 is 2.60 bits per heavy atom. The van der Waals surface area contributed by atoms with Crippen molar-refractivity contribution in [2.75, 3.05) is 7.11 Å². The van der Waals surface area contributed by atoms with Gasteiger partial charge in [-0.1, -0.05) is 12.1 Å². The summed E-state index contributed by atoms with van der Waals surface area (Å²) in [5.74, 6) is -0.0253. The number of nitrogens with one attached hydrogen (secondary N) is 1. The highest BCUT2D eigenvalue weighted by Crippen LogP contribution is 2.20. The topological polar surface area (TPSA) is 94.5 Å². The van der Waals surface area contributed by atoms with E-state index in [9.17, 15) is 9.90 Å². The summed E-state index contributed by atoms with van der Waals surface area (Å²) < 4.78 is 11.2. The van der Waals surface area contributed by atoms with Crippen LogP contribution in [0, 0.1) is 13.8 Å². The lowest BCUT2D eigenvalue weighted by molar-refractivity contribution is -0.673. The maximum absolute atomic E-state index is 12.6. The molecule has 1 N–H and O–H groups in total. The molecule has 7 nitrogen and oxygen atoms in total. The zero-order chi connectivity index (χ0) is 18.0. The van der Waals surface area contributed by atoms with Gasteiger partial charge in [0.25, 0.3) is 0 Å². The first-order chi connectivity index (χ1) is 12.0. The van der Waals surface area contributed by atoms with Crippen molar-refractivity contribution in [3.8, 4) is 11.4 Å². The Hall–Kier alpha value is -3.35. The summed E-state index contributed by atoms with van der Waals surface area (Å²) in [7, 11) is 1.56. The first-order valence-electron chi connectivity index (χ1n) is 7.61. The Morgan fingerprint density at radius 1 is 1.20 bits per heavy atom. The van der Waals surface area contributed by atoms with Gasteiger partial charge in [0.15, 0.2) is 0 Å². The van der Waals surface area contributed by atoms with Crippen LogP contribution in [0.5, 0.6) is 5.75 Å². The van der Waals surface area contributed by atoms with Gasteiger partial charge in [0, 0.05) is 12.1 Å². The SMILES string of the molecule is COc1ccc(-[n+]2[nH]oc(=O)c2C([O-])=Nc2cc(C)ccc2C)cc1. The van der Waals surface area contributed by atoms with E-state index in [-0.39, 0.29) is 5.69 Å². The van der Waals surface area contributed by atoms with Crippen molar-refractivity contribution >= 4 is 11.6 Å². The molecule has 0 unspecified atom stereocenters. The fraction of sp³-hybridized carbons (Fsp3) is 0.167. The lowest BCUT2D eigenvalue weighted by atomic mass is 10.1. The number of methoxy groups -OCH3 is 1. The molecule has 0 aliphatic heterocycles. The molecule has 25 heavy (non-hydrogen) atoms. The number of hydrogen-bond acceptors (Lipinski definition) is 5. The molecule has 7 heteroatoms. The van der Waals surface area contributed by atoms with Crippen LogP contribution in [0.4, 0.5) is 5.69 Å². The zero-order valence-electron chi connectivity index (χ0n) is 14.1. The lowest BCUT2D eigenvalue weighted by Gasteiger charge is -2.07. The highest BCUT2D eigenvalue weighted by Gasteiger charge is 2.24. The highest BCUT2D eigenvalue weighted by molar-refractivity contribution is 5.89. The molecule has 3 rings (SSSR count). The van der Waals surface area contributed by atoms with E-state index in [2.05, 4.69) is 10.3 Å². The average Bonchev–Trinajstić information content (AvgIpc) is 3.00. The third-order valence-corrected chi connectivity index (χ3v) is 3.77. The standard InChI is InChI=1S/C18H17N3O4/c1-11-4-5-12(2)15(10-11)19-17(22)16-18(23)25-20-21(16)13-6-8-14(24-3)9-7-13/h4-10H,1-3H3,(H-,19,20,22,23). The summed E-state index contributed by atoms with van der Waals surface area (Å²) in [4.78, 5) is 16.1. The second kappa shape index (κ2) is 6.64. The molecule has 3 aromatic rings. The monoisotopic (exact) mass is 339 g/mol. The van der Waals surface area contributed by atoms with Gasteiger partial charge in [-0.05, 0) is 53.1 Å². The molecule has 1 heterocycles. The molecule has 0 radical (unpaired) electrons. The van der Waals surface area contributed by atoms with Gasteiger partial charge in [-0.3, -0.25) is 9.52 Å². The van der Waals surface area contributed by atoms with E-state index < -0.39 is 11.5 Å². The molecular weight excluding hydrogens is 322 g/mol. The summed E-state index contributed by atoms with van der Waals surface area (Å²) in [6.07, 6.45) is 0. The van der Waals surface area contributed by atoms with Gasteiger partial charge in [-0.25, -0.2) is 4.79 Å². The number of ether oxygens (including phenoxy) is 1. The number of aryl methyl sites for hydroxylation is 2. The van der Waals surface area contributed by atoms with Crippen LogP contribution in [-0.4, -0.2) is 18.3 Å². The Balaban J connectivity index is 2.08. The number of aromatic nitrogens is 2. The third-order valence-electron chi connectivity index (χ3n) is 3.77. The smallest absolute Gasteiger partial charge is 0.436 e. The predicted octanol–water partition coefficient (Wildman–Crippen LogP) is 1.31. The fourth-order valence-corrected chi connectivity index (χ4v) is 2.37. The molecule has 0 saturated carbocycles. The summed E-state index contributed by atoms with van der Waals surface area (Å²) in [6.45, 7) is 3.76. The fourth-order valence-electron chi connectivity index (χ4n) is 2.37. The maximum Gasteiger partial charge on any atom is 0.436 e. The number of nitrogens with zero attached hydrogens (tertiary/aromatic N) is 2. The minimum Gasteiger partial charge on any atom is -0.854 e. The van der Waals surface area contributed by atoms with E-state index >= 15 is 0 Å². The molecule has 0 fully saturated rings. The molecule has 0 bridgehead atoms. The van der Waals surface area contributed by atoms with Crippen LogP contribution in [0.3, 0.4) is 0 Å². The number of aromatic amines is 1. The van der Waals surface area contributed by atoms with E-state index in [0.29, 0.717) is 17.1 Å². The second-order valence-electron chi connectivity index (χ2n) is 5.57. The van der Waals surface area contributed by atoms with Crippen LogP contribution in [-0.2, 0) is 0 Å². The Bertz CT molecular complexity index is 984. The van der Waals surface area contributed by atoms with Gasteiger partial charge < -0.3 is 9.84 Å². The van der Waals surface area contributed by atoms with Crippen molar-refractivity contribution in [2.24, 2.45) is 4.99 Å². The molecule has 0 saturated heterocycles. The number of hydrogen-bond donors (Lipinski definition) is 1. The van der Waals surface area contributed by atoms with Gasteiger partial charge >= 0.3 is 11.3 Å². The lowest BCUT2D eigenvalue weighted by Crippen LogP contribution is -2.44. The molecular formula is C18H17N3O4. The van der Waals surface area contributed by atoms with Crippen LogP contribution in [0.25, 0.3) is 5.69 Å². The zero-order valence-corrected chi connectivity index (χ0v) is 14.1. The minimum absolute atomic E-state index is 0.203. The number of benzene rings is 2. The molecule has 0 atom stereocenters. The van der Waals surface area contributed by atoms with Crippen LogP contribution in [0.2, 0.25) is 0 Å². The second-order valence-corrected chi connectivity index (χ2v) is 5.57. The van der Waals surface area contributed by atoms with E-state index in [0.717, 1.165) is 11.1 Å². The predicted molar refractivity (Wildman–Crippen MR) is 89.5 cm³/mol. The number of rotatable bonds is 4.